The van der Waals surface area contributed by atoms with Gasteiger partial charge in [-0.15, -0.1) is 0 Å². The van der Waals surface area contributed by atoms with Crippen LogP contribution in [0.15, 0.2) is 95.6 Å². The molecule has 0 bridgehead atoms. The fourth-order valence-electron chi connectivity index (χ4n) is 3.72. The zero-order valence-electron chi connectivity index (χ0n) is 19.1. The Balaban J connectivity index is 1.39. The number of cyclic esters (lactones) is 1. The van der Waals surface area contributed by atoms with Crippen molar-refractivity contribution in [1.82, 2.24) is 0 Å². The van der Waals surface area contributed by atoms with E-state index in [1.807, 2.05) is 61.5 Å². The minimum Gasteiger partial charge on any atom is -0.493 e. The summed E-state index contributed by atoms with van der Waals surface area (Å²) < 4.78 is 16.3. The highest BCUT2D eigenvalue weighted by atomic mass is 16.6. The third-order valence-corrected chi connectivity index (χ3v) is 5.60. The molecule has 0 atom stereocenters. The zero-order chi connectivity index (χ0) is 24.4. The van der Waals surface area contributed by atoms with E-state index in [1.165, 1.54) is 7.11 Å². The Morgan fingerprint density at radius 3 is 2.43 bits per heavy atom. The van der Waals surface area contributed by atoms with Gasteiger partial charge in [0.25, 0.3) is 0 Å². The number of hydrogen-bond acceptors (Lipinski definition) is 6. The summed E-state index contributed by atoms with van der Waals surface area (Å²) in [6.45, 7) is 1.94. The first-order valence-corrected chi connectivity index (χ1v) is 11.0. The van der Waals surface area contributed by atoms with Crippen molar-refractivity contribution in [3.8, 4) is 11.5 Å². The average molecular weight is 463 g/mol. The number of benzene rings is 4. The number of hydrogen-bond donors (Lipinski definition) is 0. The van der Waals surface area contributed by atoms with Crippen LogP contribution in [0.4, 0.5) is 0 Å². The molecule has 0 unspecified atom stereocenters. The van der Waals surface area contributed by atoms with Crippen LogP contribution >= 0.6 is 0 Å². The van der Waals surface area contributed by atoms with Gasteiger partial charge < -0.3 is 14.2 Å². The summed E-state index contributed by atoms with van der Waals surface area (Å²) in [5.41, 5.74) is 3.02. The topological polar surface area (TPSA) is 74.2 Å². The van der Waals surface area contributed by atoms with Crippen LogP contribution in [0.25, 0.3) is 16.8 Å². The molecule has 0 amide bonds. The second-order valence-electron chi connectivity index (χ2n) is 8.06. The van der Waals surface area contributed by atoms with Crippen molar-refractivity contribution in [2.24, 2.45) is 4.99 Å². The van der Waals surface area contributed by atoms with Crippen molar-refractivity contribution < 1.29 is 23.8 Å². The first-order chi connectivity index (χ1) is 17.0. The number of aryl methyl sites for hydroxylation is 1. The van der Waals surface area contributed by atoms with E-state index in [2.05, 4.69) is 4.99 Å². The summed E-state index contributed by atoms with van der Waals surface area (Å²) in [6.07, 6.45) is 1.60. The lowest BCUT2D eigenvalue weighted by molar-refractivity contribution is -0.129. The minimum absolute atomic E-state index is 0.166. The van der Waals surface area contributed by atoms with Gasteiger partial charge in [0.05, 0.1) is 12.7 Å². The van der Waals surface area contributed by atoms with Gasteiger partial charge in [-0.3, -0.25) is 0 Å². The Bertz CT molecular complexity index is 1520. The van der Waals surface area contributed by atoms with Crippen LogP contribution in [-0.2, 0) is 9.53 Å². The van der Waals surface area contributed by atoms with Crippen molar-refractivity contribution in [2.75, 3.05) is 7.11 Å². The number of carbonyl (C=O) groups excluding carboxylic acids is 2. The quantitative estimate of drug-likeness (QED) is 0.215. The number of aliphatic imine (C=N–C) groups is 1. The molecule has 0 radical (unpaired) electrons. The van der Waals surface area contributed by atoms with Crippen molar-refractivity contribution in [3.05, 3.63) is 113 Å². The first-order valence-electron chi connectivity index (χ1n) is 11.0. The number of fused-ring (bicyclic) bond motifs is 1. The van der Waals surface area contributed by atoms with Gasteiger partial charge >= 0.3 is 11.9 Å². The van der Waals surface area contributed by atoms with Crippen molar-refractivity contribution in [1.29, 1.82) is 0 Å². The fraction of sp³-hybridized carbons (Fsp3) is 0.0690. The summed E-state index contributed by atoms with van der Waals surface area (Å²) >= 11 is 0. The molecular weight excluding hydrogens is 442 g/mol. The van der Waals surface area contributed by atoms with Crippen LogP contribution in [0.5, 0.6) is 11.5 Å². The van der Waals surface area contributed by atoms with Crippen molar-refractivity contribution in [2.45, 2.75) is 6.92 Å². The molecule has 6 heteroatoms. The number of esters is 2. The van der Waals surface area contributed by atoms with E-state index in [4.69, 9.17) is 14.2 Å². The van der Waals surface area contributed by atoms with Gasteiger partial charge in [0.1, 0.15) is 0 Å². The number of methoxy groups -OCH3 is 1. The Morgan fingerprint density at radius 2 is 1.66 bits per heavy atom. The standard InChI is InChI=1S/C29H21NO5/c1-18-7-10-21(11-8-18)28(31)34-25-14-9-19(16-26(25)33-2)15-24-29(32)35-27(30-24)23-13-12-20-5-3-4-6-22(20)17-23/h3-17H,1-2H3/b24-15-. The SMILES string of the molecule is COc1cc(/C=C2\N=C(c3ccc4ccccc4c3)OC2=O)ccc1OC(=O)c1ccc(C)cc1. The Morgan fingerprint density at radius 1 is 0.886 bits per heavy atom. The molecule has 0 spiro atoms. The molecule has 0 fully saturated rings. The predicted octanol–water partition coefficient (Wildman–Crippen LogP) is 5.72. The highest BCUT2D eigenvalue weighted by molar-refractivity contribution is 6.13. The summed E-state index contributed by atoms with van der Waals surface area (Å²) in [4.78, 5) is 29.3. The summed E-state index contributed by atoms with van der Waals surface area (Å²) in [7, 11) is 1.48. The second kappa shape index (κ2) is 9.27. The highest BCUT2D eigenvalue weighted by Gasteiger charge is 2.24. The van der Waals surface area contributed by atoms with E-state index in [-0.39, 0.29) is 17.3 Å². The molecule has 1 heterocycles. The third-order valence-electron chi connectivity index (χ3n) is 5.60. The molecule has 172 valence electrons. The van der Waals surface area contributed by atoms with Crippen LogP contribution in [-0.4, -0.2) is 24.9 Å². The molecule has 1 aliphatic heterocycles. The normalized spacial score (nSPS) is 14.1. The lowest BCUT2D eigenvalue weighted by Crippen LogP contribution is -2.09. The van der Waals surface area contributed by atoms with E-state index >= 15 is 0 Å². The Kier molecular flexibility index (Phi) is 5.85. The van der Waals surface area contributed by atoms with Gasteiger partial charge in [-0.1, -0.05) is 54.1 Å². The van der Waals surface area contributed by atoms with E-state index in [0.717, 1.165) is 21.9 Å². The van der Waals surface area contributed by atoms with Crippen LogP contribution in [0.3, 0.4) is 0 Å². The van der Waals surface area contributed by atoms with E-state index < -0.39 is 11.9 Å². The molecule has 0 aliphatic carbocycles. The Hall–Kier alpha value is -4.71. The largest absolute Gasteiger partial charge is 0.493 e. The van der Waals surface area contributed by atoms with Crippen LogP contribution in [0.2, 0.25) is 0 Å². The van der Waals surface area contributed by atoms with Crippen LogP contribution < -0.4 is 9.47 Å². The van der Waals surface area contributed by atoms with E-state index in [0.29, 0.717) is 16.9 Å². The smallest absolute Gasteiger partial charge is 0.363 e. The molecule has 6 nitrogen and oxygen atoms in total. The molecule has 0 saturated heterocycles. The molecule has 35 heavy (non-hydrogen) atoms. The lowest BCUT2D eigenvalue weighted by atomic mass is 10.1. The van der Waals surface area contributed by atoms with Gasteiger partial charge in [-0.05, 0) is 65.7 Å². The maximum atomic E-state index is 12.5. The molecular formula is C29H21NO5. The first kappa shape index (κ1) is 22.1. The predicted molar refractivity (Wildman–Crippen MR) is 134 cm³/mol. The maximum absolute atomic E-state index is 12.5. The van der Waals surface area contributed by atoms with E-state index in [9.17, 15) is 9.59 Å². The monoisotopic (exact) mass is 463 g/mol. The molecule has 5 rings (SSSR count). The van der Waals surface area contributed by atoms with Gasteiger partial charge in [-0.25, -0.2) is 14.6 Å². The van der Waals surface area contributed by atoms with Gasteiger partial charge in [0.15, 0.2) is 17.2 Å². The Labute approximate surface area is 202 Å². The summed E-state index contributed by atoms with van der Waals surface area (Å²) in [5, 5.41) is 2.12. The molecule has 0 saturated carbocycles. The van der Waals surface area contributed by atoms with Gasteiger partial charge in [0.2, 0.25) is 5.90 Å². The summed E-state index contributed by atoms with van der Waals surface area (Å²) in [6, 6.07) is 25.8. The zero-order valence-corrected chi connectivity index (χ0v) is 19.1. The number of rotatable bonds is 5. The average Bonchev–Trinajstić information content (AvgIpc) is 3.24. The molecule has 1 aliphatic rings. The lowest BCUT2D eigenvalue weighted by Gasteiger charge is -2.10. The van der Waals surface area contributed by atoms with Crippen molar-refractivity contribution in [3.63, 3.8) is 0 Å². The van der Waals surface area contributed by atoms with Crippen LogP contribution in [0, 0.1) is 6.92 Å². The van der Waals surface area contributed by atoms with Gasteiger partial charge in [0, 0.05) is 5.56 Å². The number of ether oxygens (including phenoxy) is 3. The van der Waals surface area contributed by atoms with Gasteiger partial charge in [-0.2, -0.15) is 0 Å². The second-order valence-corrected chi connectivity index (χ2v) is 8.06. The van der Waals surface area contributed by atoms with E-state index in [1.54, 1.807) is 36.4 Å². The maximum Gasteiger partial charge on any atom is 0.363 e. The minimum atomic E-state index is -0.540. The highest BCUT2D eigenvalue weighted by Crippen LogP contribution is 2.31. The molecule has 4 aromatic rings. The molecule has 0 N–H and O–H groups in total. The molecule has 0 aromatic heterocycles. The number of nitrogens with zero attached hydrogens (tertiary/aromatic N) is 1. The van der Waals surface area contributed by atoms with Crippen LogP contribution in [0.1, 0.15) is 27.0 Å². The molecule has 4 aromatic carbocycles. The third kappa shape index (κ3) is 4.68. The summed E-state index contributed by atoms with van der Waals surface area (Å²) in [5.74, 6) is -0.150. The number of carbonyl (C=O) groups is 2. The fourth-order valence-corrected chi connectivity index (χ4v) is 3.72. The van der Waals surface area contributed by atoms with Crippen molar-refractivity contribution >= 4 is 34.7 Å².